The predicted octanol–water partition coefficient (Wildman–Crippen LogP) is 1.96. The summed E-state index contributed by atoms with van der Waals surface area (Å²) < 4.78 is 21.2. The molecule has 33 heavy (non-hydrogen) atoms. The molecule has 0 bridgehead atoms. The van der Waals surface area contributed by atoms with Gasteiger partial charge in [-0.3, -0.25) is 9.59 Å². The van der Waals surface area contributed by atoms with Crippen molar-refractivity contribution in [3.63, 3.8) is 0 Å². The summed E-state index contributed by atoms with van der Waals surface area (Å²) in [5.74, 6) is 1.64. The van der Waals surface area contributed by atoms with E-state index in [4.69, 9.17) is 18.9 Å². The number of anilines is 1. The highest BCUT2D eigenvalue weighted by atomic mass is 16.5. The van der Waals surface area contributed by atoms with Crippen molar-refractivity contribution < 1.29 is 28.5 Å². The first-order valence-electron chi connectivity index (χ1n) is 10.8. The molecule has 1 aliphatic heterocycles. The van der Waals surface area contributed by atoms with Gasteiger partial charge in [-0.25, -0.2) is 0 Å². The second-order valence-electron chi connectivity index (χ2n) is 7.46. The highest BCUT2D eigenvalue weighted by Gasteiger charge is 2.21. The van der Waals surface area contributed by atoms with E-state index in [0.29, 0.717) is 67.8 Å². The number of morpholine rings is 1. The molecule has 9 nitrogen and oxygen atoms in total. The van der Waals surface area contributed by atoms with Gasteiger partial charge in [0.25, 0.3) is 5.91 Å². The molecule has 2 amide bonds. The summed E-state index contributed by atoms with van der Waals surface area (Å²) in [6.45, 7) is 2.62. The number of carbonyl (C=O) groups excluding carboxylic acids is 2. The first-order chi connectivity index (χ1) is 16.0. The zero-order valence-electron chi connectivity index (χ0n) is 19.3. The number of hydrogen-bond acceptors (Lipinski definition) is 7. The highest BCUT2D eigenvalue weighted by Crippen LogP contribution is 2.27. The molecule has 0 spiro atoms. The maximum absolute atomic E-state index is 13.0. The van der Waals surface area contributed by atoms with Crippen molar-refractivity contribution in [2.24, 2.45) is 0 Å². The maximum atomic E-state index is 13.0. The monoisotopic (exact) mass is 457 g/mol. The Morgan fingerprint density at radius 1 is 0.970 bits per heavy atom. The molecule has 2 aromatic carbocycles. The molecule has 0 saturated carbocycles. The van der Waals surface area contributed by atoms with Gasteiger partial charge in [0.05, 0.1) is 52.3 Å². The second kappa shape index (κ2) is 12.0. The van der Waals surface area contributed by atoms with Crippen molar-refractivity contribution in [1.29, 1.82) is 0 Å². The topological polar surface area (TPSA) is 98.4 Å². The number of nitrogens with zero attached hydrogens (tertiary/aromatic N) is 1. The third-order valence-electron chi connectivity index (χ3n) is 5.38. The normalized spacial score (nSPS) is 13.2. The molecule has 1 heterocycles. The van der Waals surface area contributed by atoms with E-state index in [2.05, 4.69) is 10.6 Å². The van der Waals surface area contributed by atoms with Crippen LogP contribution in [0.2, 0.25) is 0 Å². The third-order valence-corrected chi connectivity index (χ3v) is 5.38. The van der Waals surface area contributed by atoms with Crippen LogP contribution in [0.3, 0.4) is 0 Å². The maximum Gasteiger partial charge on any atom is 0.256 e. The van der Waals surface area contributed by atoms with Crippen LogP contribution in [0, 0.1) is 0 Å². The molecule has 2 aromatic rings. The number of amides is 2. The fraction of sp³-hybridized carbons (Fsp3) is 0.417. The molecule has 0 radical (unpaired) electrons. The standard InChI is InChI=1S/C24H31N3O6/c1-30-18-5-6-19(24(29)27-10-12-33-13-11-27)20(15-18)26-16-23(28)25-9-8-17-4-7-21(31-2)22(14-17)32-3/h4-7,14-15,26H,8-13,16H2,1-3H3,(H,25,28). The van der Waals surface area contributed by atoms with Crippen LogP contribution in [0.1, 0.15) is 15.9 Å². The minimum absolute atomic E-state index is 0.0303. The van der Waals surface area contributed by atoms with E-state index in [-0.39, 0.29) is 18.4 Å². The summed E-state index contributed by atoms with van der Waals surface area (Å²) >= 11 is 0. The van der Waals surface area contributed by atoms with Gasteiger partial charge in [0.1, 0.15) is 5.75 Å². The van der Waals surface area contributed by atoms with Gasteiger partial charge in [0.15, 0.2) is 11.5 Å². The Bertz CT molecular complexity index is 959. The minimum Gasteiger partial charge on any atom is -0.497 e. The van der Waals surface area contributed by atoms with Crippen molar-refractivity contribution in [1.82, 2.24) is 10.2 Å². The molecule has 178 valence electrons. The molecule has 1 saturated heterocycles. The second-order valence-corrected chi connectivity index (χ2v) is 7.46. The summed E-state index contributed by atoms with van der Waals surface area (Å²) in [4.78, 5) is 27.1. The summed E-state index contributed by atoms with van der Waals surface area (Å²) in [5, 5.41) is 5.97. The quantitative estimate of drug-likeness (QED) is 0.563. The van der Waals surface area contributed by atoms with Gasteiger partial charge in [-0.2, -0.15) is 0 Å². The van der Waals surface area contributed by atoms with Gasteiger partial charge in [-0.15, -0.1) is 0 Å². The average Bonchev–Trinajstić information content (AvgIpc) is 2.87. The van der Waals surface area contributed by atoms with Crippen LogP contribution in [-0.2, 0) is 16.0 Å². The zero-order chi connectivity index (χ0) is 23.6. The van der Waals surface area contributed by atoms with Crippen molar-refractivity contribution in [3.8, 4) is 17.2 Å². The fourth-order valence-electron chi connectivity index (χ4n) is 3.54. The van der Waals surface area contributed by atoms with Gasteiger partial charge in [-0.1, -0.05) is 6.07 Å². The molecule has 2 N–H and O–H groups in total. The average molecular weight is 458 g/mol. The number of benzene rings is 2. The first-order valence-corrected chi connectivity index (χ1v) is 10.8. The van der Waals surface area contributed by atoms with E-state index in [9.17, 15) is 9.59 Å². The Balaban J connectivity index is 1.56. The Labute approximate surface area is 193 Å². The lowest BCUT2D eigenvalue weighted by atomic mass is 10.1. The largest absolute Gasteiger partial charge is 0.497 e. The molecule has 0 atom stereocenters. The Hall–Kier alpha value is -3.46. The van der Waals surface area contributed by atoms with Crippen LogP contribution in [0.5, 0.6) is 17.2 Å². The van der Waals surface area contributed by atoms with Gasteiger partial charge in [0.2, 0.25) is 5.91 Å². The highest BCUT2D eigenvalue weighted by molar-refractivity contribution is 6.00. The summed E-state index contributed by atoms with van der Waals surface area (Å²) in [7, 11) is 4.74. The van der Waals surface area contributed by atoms with Crippen molar-refractivity contribution in [2.45, 2.75) is 6.42 Å². The van der Waals surface area contributed by atoms with Crippen LogP contribution in [0.4, 0.5) is 5.69 Å². The van der Waals surface area contributed by atoms with E-state index in [0.717, 1.165) is 5.56 Å². The number of rotatable bonds is 10. The van der Waals surface area contributed by atoms with Crippen LogP contribution in [0.25, 0.3) is 0 Å². The molecule has 0 aromatic heterocycles. The SMILES string of the molecule is COc1ccc(C(=O)N2CCOCC2)c(NCC(=O)NCCc2ccc(OC)c(OC)c2)c1. The lowest BCUT2D eigenvalue weighted by molar-refractivity contribution is -0.119. The number of hydrogen-bond donors (Lipinski definition) is 2. The van der Waals surface area contributed by atoms with E-state index in [1.807, 2.05) is 18.2 Å². The molecular formula is C24H31N3O6. The third kappa shape index (κ3) is 6.52. The molecule has 3 rings (SSSR count). The lowest BCUT2D eigenvalue weighted by Crippen LogP contribution is -2.41. The number of carbonyl (C=O) groups is 2. The summed E-state index contributed by atoms with van der Waals surface area (Å²) in [6.07, 6.45) is 0.645. The van der Waals surface area contributed by atoms with Gasteiger partial charge in [0, 0.05) is 25.7 Å². The first kappa shape index (κ1) is 24.2. The van der Waals surface area contributed by atoms with Gasteiger partial charge in [-0.05, 0) is 36.2 Å². The van der Waals surface area contributed by atoms with Crippen LogP contribution in [-0.4, -0.2) is 77.4 Å². The van der Waals surface area contributed by atoms with E-state index in [1.54, 1.807) is 44.4 Å². The fourth-order valence-corrected chi connectivity index (χ4v) is 3.54. The van der Waals surface area contributed by atoms with Crippen LogP contribution >= 0.6 is 0 Å². The van der Waals surface area contributed by atoms with Gasteiger partial charge < -0.3 is 34.5 Å². The molecule has 1 aliphatic rings. The molecule has 0 unspecified atom stereocenters. The summed E-state index contributed by atoms with van der Waals surface area (Å²) in [5.41, 5.74) is 2.07. The molecule has 1 fully saturated rings. The zero-order valence-corrected chi connectivity index (χ0v) is 19.3. The minimum atomic E-state index is -0.178. The van der Waals surface area contributed by atoms with Crippen molar-refractivity contribution in [2.75, 3.05) is 66.0 Å². The van der Waals surface area contributed by atoms with Crippen LogP contribution < -0.4 is 24.8 Å². The Morgan fingerprint density at radius 2 is 1.73 bits per heavy atom. The van der Waals surface area contributed by atoms with Crippen LogP contribution in [0.15, 0.2) is 36.4 Å². The van der Waals surface area contributed by atoms with E-state index in [1.165, 1.54) is 0 Å². The number of ether oxygens (including phenoxy) is 4. The molecule has 0 aliphatic carbocycles. The molecular weight excluding hydrogens is 426 g/mol. The smallest absolute Gasteiger partial charge is 0.256 e. The molecule has 9 heteroatoms. The predicted molar refractivity (Wildman–Crippen MR) is 124 cm³/mol. The Morgan fingerprint density at radius 3 is 2.42 bits per heavy atom. The lowest BCUT2D eigenvalue weighted by Gasteiger charge is -2.27. The van der Waals surface area contributed by atoms with Gasteiger partial charge >= 0.3 is 0 Å². The van der Waals surface area contributed by atoms with Crippen molar-refractivity contribution >= 4 is 17.5 Å². The number of methoxy groups -OCH3 is 3. The van der Waals surface area contributed by atoms with Crippen molar-refractivity contribution in [3.05, 3.63) is 47.5 Å². The Kier molecular flexibility index (Phi) is 8.77. The van der Waals surface area contributed by atoms with E-state index >= 15 is 0 Å². The number of nitrogens with one attached hydrogen (secondary N) is 2. The van der Waals surface area contributed by atoms with E-state index < -0.39 is 0 Å². The summed E-state index contributed by atoms with van der Waals surface area (Å²) in [6, 6.07) is 10.8.